The zero-order valence-electron chi connectivity index (χ0n) is 26.3. The van der Waals surface area contributed by atoms with Crippen molar-refractivity contribution in [3.05, 3.63) is 130 Å². The van der Waals surface area contributed by atoms with Crippen LogP contribution in [0.3, 0.4) is 0 Å². The van der Waals surface area contributed by atoms with Gasteiger partial charge in [-0.25, -0.2) is 8.42 Å². The zero-order valence-corrected chi connectivity index (χ0v) is 28.6. The van der Waals surface area contributed by atoms with E-state index in [1.165, 1.54) is 17.0 Å². The van der Waals surface area contributed by atoms with E-state index in [4.69, 9.17) is 23.2 Å². The van der Waals surface area contributed by atoms with E-state index in [0.29, 0.717) is 10.6 Å². The summed E-state index contributed by atoms with van der Waals surface area (Å²) in [7, 11) is -4.25. The van der Waals surface area contributed by atoms with Crippen LogP contribution in [0.15, 0.2) is 108 Å². The molecule has 0 aromatic heterocycles. The molecule has 246 valence electrons. The Kier molecular flexibility index (Phi) is 11.6. The van der Waals surface area contributed by atoms with Crippen LogP contribution in [0.1, 0.15) is 48.8 Å². The molecule has 1 N–H and O–H groups in total. The molecule has 1 unspecified atom stereocenters. The van der Waals surface area contributed by atoms with Gasteiger partial charge in [0.2, 0.25) is 11.8 Å². The molecule has 1 fully saturated rings. The third kappa shape index (κ3) is 8.95. The van der Waals surface area contributed by atoms with E-state index >= 15 is 0 Å². The highest BCUT2D eigenvalue weighted by molar-refractivity contribution is 7.92. The summed E-state index contributed by atoms with van der Waals surface area (Å²) in [6, 6.07) is 28.6. The van der Waals surface area contributed by atoms with Gasteiger partial charge in [0.15, 0.2) is 0 Å². The van der Waals surface area contributed by atoms with Gasteiger partial charge >= 0.3 is 0 Å². The van der Waals surface area contributed by atoms with Gasteiger partial charge < -0.3 is 10.2 Å². The highest BCUT2D eigenvalue weighted by Crippen LogP contribution is 2.31. The fourth-order valence-corrected chi connectivity index (χ4v) is 7.87. The zero-order chi connectivity index (χ0) is 33.4. The molecule has 7 nitrogen and oxygen atoms in total. The molecule has 1 aliphatic rings. The lowest BCUT2D eigenvalue weighted by molar-refractivity contribution is -0.140. The molecule has 0 saturated heterocycles. The Morgan fingerprint density at radius 2 is 1.49 bits per heavy atom. The number of amides is 2. The Hall–Kier alpha value is -3.85. The highest BCUT2D eigenvalue weighted by atomic mass is 35.5. The molecule has 0 aliphatic heterocycles. The lowest BCUT2D eigenvalue weighted by atomic mass is 9.94. The summed E-state index contributed by atoms with van der Waals surface area (Å²) in [4.78, 5) is 30.3. The van der Waals surface area contributed by atoms with Crippen LogP contribution in [0.5, 0.6) is 0 Å². The summed E-state index contributed by atoms with van der Waals surface area (Å²) in [5, 5.41) is 3.88. The number of nitrogens with zero attached hydrogens (tertiary/aromatic N) is 2. The van der Waals surface area contributed by atoms with Crippen LogP contribution in [0, 0.1) is 6.92 Å². The summed E-state index contributed by atoms with van der Waals surface area (Å²) in [6.45, 7) is 1.32. The Morgan fingerprint density at radius 1 is 0.830 bits per heavy atom. The summed E-state index contributed by atoms with van der Waals surface area (Å²) < 4.78 is 29.5. The number of hydrogen-bond acceptors (Lipinski definition) is 4. The Labute approximate surface area is 287 Å². The maximum atomic E-state index is 14.7. The second-order valence-corrected chi connectivity index (χ2v) is 14.7. The molecule has 0 heterocycles. The van der Waals surface area contributed by atoms with Crippen LogP contribution in [0.4, 0.5) is 5.69 Å². The molecule has 0 spiro atoms. The van der Waals surface area contributed by atoms with Crippen LogP contribution >= 0.6 is 23.2 Å². The molecule has 0 bridgehead atoms. The van der Waals surface area contributed by atoms with Gasteiger partial charge in [0.1, 0.15) is 12.6 Å². The molecule has 0 radical (unpaired) electrons. The summed E-state index contributed by atoms with van der Waals surface area (Å²) >= 11 is 12.9. The molecule has 2 amide bonds. The standard InChI is InChI=1S/C37H39Cl2N3O4S/c1-27-19-21-32(22-20-27)47(45,46)42(34-18-9-8-17-33(34)39)26-36(43)41(25-29-13-10-14-30(38)23-29)35(24-28-11-4-2-5-12-28)37(44)40-31-15-6-3-7-16-31/h2,4-5,8-14,17-23,31,35H,3,6-7,15-16,24-26H2,1H3,(H,40,44). The van der Waals surface area contributed by atoms with Crippen LogP contribution in [0.2, 0.25) is 10.0 Å². The van der Waals surface area contributed by atoms with Crippen molar-refractivity contribution in [2.45, 2.75) is 69.0 Å². The van der Waals surface area contributed by atoms with Crippen LogP contribution in [-0.2, 0) is 32.6 Å². The minimum Gasteiger partial charge on any atom is -0.352 e. The molecule has 1 atom stereocenters. The Morgan fingerprint density at radius 3 is 2.17 bits per heavy atom. The van der Waals surface area contributed by atoms with Crippen molar-refractivity contribution < 1.29 is 18.0 Å². The number of nitrogens with one attached hydrogen (secondary N) is 1. The van der Waals surface area contributed by atoms with E-state index in [0.717, 1.165) is 47.5 Å². The smallest absolute Gasteiger partial charge is 0.264 e. The van der Waals surface area contributed by atoms with E-state index in [2.05, 4.69) is 5.32 Å². The van der Waals surface area contributed by atoms with Crippen LogP contribution < -0.4 is 9.62 Å². The average Bonchev–Trinajstić information content (AvgIpc) is 3.06. The fourth-order valence-electron chi connectivity index (χ4n) is 5.94. The third-order valence-electron chi connectivity index (χ3n) is 8.47. The lowest BCUT2D eigenvalue weighted by Crippen LogP contribution is -2.55. The molecule has 5 rings (SSSR count). The number of halogens is 2. The number of carbonyl (C=O) groups excluding carboxylic acids is 2. The molecule has 10 heteroatoms. The summed E-state index contributed by atoms with van der Waals surface area (Å²) in [6.07, 6.45) is 5.18. The second kappa shape index (κ2) is 15.8. The summed E-state index contributed by atoms with van der Waals surface area (Å²) in [5.74, 6) is -0.831. The molecule has 1 saturated carbocycles. The van der Waals surface area contributed by atoms with Gasteiger partial charge in [0.25, 0.3) is 10.0 Å². The van der Waals surface area contributed by atoms with Gasteiger partial charge in [-0.05, 0) is 67.3 Å². The first-order valence-electron chi connectivity index (χ1n) is 15.8. The summed E-state index contributed by atoms with van der Waals surface area (Å²) in [5.41, 5.74) is 2.64. The van der Waals surface area contributed by atoms with Gasteiger partial charge in [-0.15, -0.1) is 0 Å². The first-order valence-corrected chi connectivity index (χ1v) is 18.0. The van der Waals surface area contributed by atoms with E-state index < -0.39 is 28.5 Å². The van der Waals surface area contributed by atoms with E-state index in [9.17, 15) is 18.0 Å². The van der Waals surface area contributed by atoms with Crippen molar-refractivity contribution in [2.24, 2.45) is 0 Å². The quantitative estimate of drug-likeness (QED) is 0.166. The van der Waals surface area contributed by atoms with Gasteiger partial charge in [-0.3, -0.25) is 13.9 Å². The van der Waals surface area contributed by atoms with Crippen LogP contribution in [0.25, 0.3) is 0 Å². The van der Waals surface area contributed by atoms with Gasteiger partial charge in [0.05, 0.1) is 15.6 Å². The number of sulfonamides is 1. The van der Waals surface area contributed by atoms with Crippen molar-refractivity contribution in [1.82, 2.24) is 10.2 Å². The minimum absolute atomic E-state index is 0.0131. The van der Waals surface area contributed by atoms with Gasteiger partial charge in [-0.2, -0.15) is 0 Å². The SMILES string of the molecule is Cc1ccc(S(=O)(=O)N(CC(=O)N(Cc2cccc(Cl)c2)C(Cc2ccccc2)C(=O)NC2CCCCC2)c2ccccc2Cl)cc1. The monoisotopic (exact) mass is 691 g/mol. The number of hydrogen-bond donors (Lipinski definition) is 1. The average molecular weight is 693 g/mol. The molecular formula is C37H39Cl2N3O4S. The first kappa shape index (κ1) is 34.5. The number of para-hydroxylation sites is 1. The minimum atomic E-state index is -4.25. The van der Waals surface area contributed by atoms with Gasteiger partial charge in [0, 0.05) is 24.0 Å². The normalized spacial score (nSPS) is 14.3. The molecule has 4 aromatic rings. The second-order valence-electron chi connectivity index (χ2n) is 12.0. The third-order valence-corrected chi connectivity index (χ3v) is 10.8. The Balaban J connectivity index is 1.57. The number of carbonyl (C=O) groups is 2. The fraction of sp³-hybridized carbons (Fsp3) is 0.297. The maximum absolute atomic E-state index is 14.7. The van der Waals surface area contributed by atoms with Crippen molar-refractivity contribution >= 4 is 50.7 Å². The number of rotatable bonds is 12. The topological polar surface area (TPSA) is 86.8 Å². The largest absolute Gasteiger partial charge is 0.352 e. The lowest BCUT2D eigenvalue weighted by Gasteiger charge is -2.35. The highest BCUT2D eigenvalue weighted by Gasteiger charge is 2.36. The number of aryl methyl sites for hydroxylation is 1. The van der Waals surface area contributed by atoms with Gasteiger partial charge in [-0.1, -0.05) is 115 Å². The molecular weight excluding hydrogens is 653 g/mol. The number of benzene rings is 4. The predicted octanol–water partition coefficient (Wildman–Crippen LogP) is 7.59. The molecule has 4 aromatic carbocycles. The van der Waals surface area contributed by atoms with Crippen molar-refractivity contribution in [2.75, 3.05) is 10.8 Å². The maximum Gasteiger partial charge on any atom is 0.264 e. The Bertz CT molecular complexity index is 1780. The predicted molar refractivity (Wildman–Crippen MR) is 188 cm³/mol. The van der Waals surface area contributed by atoms with Crippen LogP contribution in [-0.4, -0.2) is 43.8 Å². The van der Waals surface area contributed by atoms with Crippen molar-refractivity contribution in [1.29, 1.82) is 0 Å². The first-order chi connectivity index (χ1) is 22.6. The van der Waals surface area contributed by atoms with E-state index in [-0.39, 0.29) is 40.5 Å². The van der Waals surface area contributed by atoms with Crippen molar-refractivity contribution in [3.63, 3.8) is 0 Å². The van der Waals surface area contributed by atoms with Crippen molar-refractivity contribution in [3.8, 4) is 0 Å². The molecule has 47 heavy (non-hydrogen) atoms. The number of anilines is 1. The van der Waals surface area contributed by atoms with E-state index in [1.54, 1.807) is 54.6 Å². The molecule has 1 aliphatic carbocycles. The van der Waals surface area contributed by atoms with E-state index in [1.807, 2.05) is 43.3 Å².